The van der Waals surface area contributed by atoms with Gasteiger partial charge in [-0.2, -0.15) is 0 Å². The first kappa shape index (κ1) is 27.0. The second-order valence-corrected chi connectivity index (χ2v) is 11.7. The Balaban J connectivity index is 1.24. The fourth-order valence-corrected chi connectivity index (χ4v) is 6.35. The Morgan fingerprint density at radius 2 is 0.830 bits per heavy atom. The molecule has 220 valence electrons. The monoisotopic (exact) mass is 601 g/mol. The summed E-state index contributed by atoms with van der Waals surface area (Å²) in [6.45, 7) is 0. The molecule has 0 atom stereocenters. The van der Waals surface area contributed by atoms with Gasteiger partial charge in [-0.05, 0) is 70.1 Å². The van der Waals surface area contributed by atoms with Crippen LogP contribution in [0, 0.1) is 0 Å². The summed E-state index contributed by atoms with van der Waals surface area (Å²) < 4.78 is 6.32. The maximum Gasteiger partial charge on any atom is 0.164 e. The summed E-state index contributed by atoms with van der Waals surface area (Å²) in [5.74, 6) is 1.87. The van der Waals surface area contributed by atoms with Crippen LogP contribution >= 0.6 is 0 Å². The highest BCUT2D eigenvalue weighted by Crippen LogP contribution is 2.37. The molecule has 4 heteroatoms. The molecule has 9 aromatic rings. The summed E-state index contributed by atoms with van der Waals surface area (Å²) >= 11 is 0. The van der Waals surface area contributed by atoms with E-state index in [1.807, 2.05) is 60.7 Å². The third-order valence-corrected chi connectivity index (χ3v) is 8.69. The van der Waals surface area contributed by atoms with Crippen molar-refractivity contribution in [3.63, 3.8) is 0 Å². The van der Waals surface area contributed by atoms with E-state index in [1.54, 1.807) is 0 Å². The number of benzene rings is 7. The van der Waals surface area contributed by atoms with Crippen molar-refractivity contribution >= 4 is 32.7 Å². The van der Waals surface area contributed by atoms with Crippen LogP contribution in [0.25, 0.3) is 89.1 Å². The molecule has 2 heterocycles. The molecule has 0 bridgehead atoms. The molecule has 0 saturated carbocycles. The molecule has 0 fully saturated rings. The van der Waals surface area contributed by atoms with Gasteiger partial charge in [0.2, 0.25) is 0 Å². The van der Waals surface area contributed by atoms with E-state index in [9.17, 15) is 0 Å². The molecule has 0 spiro atoms. The van der Waals surface area contributed by atoms with E-state index in [1.165, 1.54) is 0 Å². The number of fused-ring (bicyclic) bond motifs is 5. The van der Waals surface area contributed by atoms with E-state index in [2.05, 4.69) is 103 Å². The molecule has 7 aromatic carbocycles. The maximum atomic E-state index is 6.32. The second kappa shape index (κ2) is 11.2. The molecule has 2 aromatic heterocycles. The van der Waals surface area contributed by atoms with E-state index in [4.69, 9.17) is 19.4 Å². The second-order valence-electron chi connectivity index (χ2n) is 11.7. The van der Waals surface area contributed by atoms with Crippen LogP contribution in [-0.4, -0.2) is 15.0 Å². The Kier molecular flexibility index (Phi) is 6.43. The van der Waals surface area contributed by atoms with E-state index in [-0.39, 0.29) is 0 Å². The van der Waals surface area contributed by atoms with Gasteiger partial charge in [-0.3, -0.25) is 0 Å². The Bertz CT molecular complexity index is 2500. The van der Waals surface area contributed by atoms with Crippen molar-refractivity contribution in [2.75, 3.05) is 0 Å². The number of nitrogens with zero attached hydrogens (tertiary/aromatic N) is 3. The largest absolute Gasteiger partial charge is 0.455 e. The van der Waals surface area contributed by atoms with Crippen LogP contribution in [0.15, 0.2) is 168 Å². The Labute approximate surface area is 271 Å². The highest BCUT2D eigenvalue weighted by Gasteiger charge is 2.16. The normalized spacial score (nSPS) is 11.4. The molecule has 0 radical (unpaired) electrons. The predicted octanol–water partition coefficient (Wildman–Crippen LogP) is 11.3. The lowest BCUT2D eigenvalue weighted by molar-refractivity contribution is 0.672. The molecule has 0 amide bonds. The van der Waals surface area contributed by atoms with Crippen molar-refractivity contribution < 1.29 is 4.42 Å². The average molecular weight is 602 g/mol. The molecule has 0 unspecified atom stereocenters. The Morgan fingerprint density at radius 3 is 1.49 bits per heavy atom. The fourth-order valence-electron chi connectivity index (χ4n) is 6.35. The summed E-state index contributed by atoms with van der Waals surface area (Å²) in [6, 6.07) is 56.4. The van der Waals surface area contributed by atoms with Gasteiger partial charge in [0.1, 0.15) is 11.2 Å². The zero-order chi connectivity index (χ0) is 31.2. The quantitative estimate of drug-likeness (QED) is 0.197. The molecule has 0 aliphatic rings. The lowest BCUT2D eigenvalue weighted by Gasteiger charge is -2.12. The topological polar surface area (TPSA) is 51.8 Å². The van der Waals surface area contributed by atoms with E-state index >= 15 is 0 Å². The van der Waals surface area contributed by atoms with Gasteiger partial charge < -0.3 is 4.42 Å². The highest BCUT2D eigenvalue weighted by atomic mass is 16.3. The minimum atomic E-state index is 0.617. The Hall–Kier alpha value is -6.39. The maximum absolute atomic E-state index is 6.32. The molecular formula is C43H27N3O. The van der Waals surface area contributed by atoms with Gasteiger partial charge in [0, 0.05) is 32.8 Å². The van der Waals surface area contributed by atoms with Crippen molar-refractivity contribution in [2.45, 2.75) is 0 Å². The molecular weight excluding hydrogens is 574 g/mol. The van der Waals surface area contributed by atoms with Gasteiger partial charge in [-0.1, -0.05) is 121 Å². The number of rotatable bonds is 5. The van der Waals surface area contributed by atoms with Gasteiger partial charge in [0.25, 0.3) is 0 Å². The van der Waals surface area contributed by atoms with E-state index in [0.717, 1.165) is 71.7 Å². The molecule has 0 N–H and O–H groups in total. The molecule has 0 saturated heterocycles. The Morgan fingerprint density at radius 1 is 0.319 bits per heavy atom. The van der Waals surface area contributed by atoms with Gasteiger partial charge in [-0.15, -0.1) is 0 Å². The summed E-state index contributed by atoms with van der Waals surface area (Å²) in [6.07, 6.45) is 0. The van der Waals surface area contributed by atoms with Crippen molar-refractivity contribution in [2.24, 2.45) is 0 Å². The van der Waals surface area contributed by atoms with Crippen LogP contribution in [0.4, 0.5) is 0 Å². The van der Waals surface area contributed by atoms with E-state index in [0.29, 0.717) is 17.5 Å². The van der Waals surface area contributed by atoms with Gasteiger partial charge >= 0.3 is 0 Å². The summed E-state index contributed by atoms with van der Waals surface area (Å²) in [7, 11) is 0. The standard InChI is InChI=1S/C43H27N3O/c1-4-12-28(13-5-1)33-25-34(29-14-6-2-7-15-29)27-35(26-33)43-45-41(30-16-8-3-9-17-30)44-42(46-43)32-21-22-36-31(24-32)20-23-38-37-18-10-11-19-39(37)47-40(36)38/h1-27H. The van der Waals surface area contributed by atoms with Crippen LogP contribution < -0.4 is 0 Å². The summed E-state index contributed by atoms with van der Waals surface area (Å²) in [5.41, 5.74) is 9.03. The molecule has 9 rings (SSSR count). The zero-order valence-electron chi connectivity index (χ0n) is 25.3. The third kappa shape index (κ3) is 4.93. The van der Waals surface area contributed by atoms with E-state index < -0.39 is 0 Å². The first-order valence-corrected chi connectivity index (χ1v) is 15.7. The fraction of sp³-hybridized carbons (Fsp3) is 0. The predicted molar refractivity (Wildman–Crippen MR) is 192 cm³/mol. The van der Waals surface area contributed by atoms with Crippen molar-refractivity contribution in [1.82, 2.24) is 15.0 Å². The van der Waals surface area contributed by atoms with Crippen LogP contribution in [0.2, 0.25) is 0 Å². The summed E-state index contributed by atoms with van der Waals surface area (Å²) in [4.78, 5) is 15.2. The van der Waals surface area contributed by atoms with Gasteiger partial charge in [0.15, 0.2) is 17.5 Å². The van der Waals surface area contributed by atoms with Crippen molar-refractivity contribution in [3.8, 4) is 56.4 Å². The smallest absolute Gasteiger partial charge is 0.164 e. The van der Waals surface area contributed by atoms with Gasteiger partial charge in [-0.25, -0.2) is 15.0 Å². The third-order valence-electron chi connectivity index (χ3n) is 8.69. The van der Waals surface area contributed by atoms with Gasteiger partial charge in [0.05, 0.1) is 0 Å². The lowest BCUT2D eigenvalue weighted by atomic mass is 9.96. The van der Waals surface area contributed by atoms with Crippen LogP contribution in [-0.2, 0) is 0 Å². The van der Waals surface area contributed by atoms with Crippen LogP contribution in [0.1, 0.15) is 0 Å². The first-order valence-electron chi connectivity index (χ1n) is 15.7. The summed E-state index contributed by atoms with van der Waals surface area (Å²) in [5, 5.41) is 4.36. The van der Waals surface area contributed by atoms with Crippen LogP contribution in [0.5, 0.6) is 0 Å². The molecule has 0 aliphatic heterocycles. The average Bonchev–Trinajstić information content (AvgIpc) is 3.54. The number of hydrogen-bond donors (Lipinski definition) is 0. The number of furan rings is 1. The van der Waals surface area contributed by atoms with Crippen molar-refractivity contribution in [1.29, 1.82) is 0 Å². The number of aromatic nitrogens is 3. The lowest BCUT2D eigenvalue weighted by Crippen LogP contribution is -2.00. The molecule has 47 heavy (non-hydrogen) atoms. The SMILES string of the molecule is c1ccc(-c2cc(-c3ccccc3)cc(-c3nc(-c4ccccc4)nc(-c4ccc5c(ccc6c7ccccc7oc56)c4)n3)c2)cc1. The number of hydrogen-bond acceptors (Lipinski definition) is 4. The minimum absolute atomic E-state index is 0.617. The van der Waals surface area contributed by atoms with Crippen LogP contribution in [0.3, 0.4) is 0 Å². The minimum Gasteiger partial charge on any atom is -0.455 e. The molecule has 0 aliphatic carbocycles. The first-order chi connectivity index (χ1) is 23.3. The highest BCUT2D eigenvalue weighted by molar-refractivity contribution is 6.15. The molecule has 4 nitrogen and oxygen atoms in total. The zero-order valence-corrected chi connectivity index (χ0v) is 25.3. The number of para-hydroxylation sites is 1. The van der Waals surface area contributed by atoms with Crippen molar-refractivity contribution in [3.05, 3.63) is 164 Å².